The molecule has 0 nitrogen and oxygen atoms in total. The van der Waals surface area contributed by atoms with Gasteiger partial charge in [-0.2, -0.15) is 0 Å². The first-order valence-electron chi connectivity index (χ1n) is 4.14. The summed E-state index contributed by atoms with van der Waals surface area (Å²) in [5, 5.41) is 1.12. The molecule has 0 unspecified atom stereocenters. The topological polar surface area (TPSA) is 0 Å². The van der Waals surface area contributed by atoms with Gasteiger partial charge in [0.05, 0.1) is 0 Å². The first-order valence-corrected chi connectivity index (χ1v) is 6.34. The van der Waals surface area contributed by atoms with Gasteiger partial charge >= 0.3 is 0 Å². The molecule has 0 fully saturated rings. The Hall–Kier alpha value is 0.430. The maximum atomic E-state index is 3.44. The maximum Gasteiger partial charge on any atom is 0.0162 e. The highest BCUT2D eigenvalue weighted by atomic mass is 127. The molecule has 0 heterocycles. The van der Waals surface area contributed by atoms with Crippen molar-refractivity contribution in [3.05, 3.63) is 33.4 Å². The monoisotopic (exact) mass is 338 g/mol. The summed E-state index contributed by atoms with van der Waals surface area (Å²) in [6.45, 7) is 0. The van der Waals surface area contributed by atoms with Crippen LogP contribution in [0.1, 0.15) is 18.4 Å². The highest BCUT2D eigenvalue weighted by Crippen LogP contribution is 2.14. The summed E-state index contributed by atoms with van der Waals surface area (Å²) in [4.78, 5) is 0. The fourth-order valence-corrected chi connectivity index (χ4v) is 2.16. The number of benzene rings is 1. The van der Waals surface area contributed by atoms with Gasteiger partial charge in [-0.15, -0.1) is 0 Å². The lowest BCUT2D eigenvalue weighted by Crippen LogP contribution is -1.89. The zero-order chi connectivity index (χ0) is 8.81. The number of unbranched alkanes of at least 4 members (excludes halogenated alkanes) is 1. The van der Waals surface area contributed by atoms with E-state index in [9.17, 15) is 0 Å². The summed E-state index contributed by atoms with van der Waals surface area (Å²) >= 11 is 5.84. The van der Waals surface area contributed by atoms with Crippen LogP contribution in [0.3, 0.4) is 0 Å². The first kappa shape index (κ1) is 10.5. The van der Waals surface area contributed by atoms with E-state index in [0.717, 1.165) is 5.33 Å². The van der Waals surface area contributed by atoms with Gasteiger partial charge in [0, 0.05) is 8.90 Å². The number of halogens is 2. The third kappa shape index (κ3) is 3.44. The number of hydrogen-bond donors (Lipinski definition) is 0. The Morgan fingerprint density at radius 3 is 2.58 bits per heavy atom. The molecule has 2 heteroatoms. The minimum absolute atomic E-state index is 1.12. The van der Waals surface area contributed by atoms with E-state index in [-0.39, 0.29) is 0 Å². The average molecular weight is 339 g/mol. The molecule has 0 spiro atoms. The van der Waals surface area contributed by atoms with Crippen LogP contribution in [0.2, 0.25) is 0 Å². The van der Waals surface area contributed by atoms with Crippen LogP contribution in [0, 0.1) is 3.57 Å². The van der Waals surface area contributed by atoms with E-state index in [0.29, 0.717) is 0 Å². The van der Waals surface area contributed by atoms with E-state index in [1.165, 1.54) is 28.4 Å². The fourth-order valence-electron chi connectivity index (χ4n) is 1.11. The number of hydrogen-bond acceptors (Lipinski definition) is 0. The lowest BCUT2D eigenvalue weighted by atomic mass is 10.1. The average Bonchev–Trinajstić information content (AvgIpc) is 2.09. The van der Waals surface area contributed by atoms with Gasteiger partial charge in [-0.05, 0) is 53.5 Å². The molecule has 0 atom stereocenters. The second-order valence-electron chi connectivity index (χ2n) is 2.74. The van der Waals surface area contributed by atoms with Gasteiger partial charge < -0.3 is 0 Å². The standard InChI is InChI=1S/C10H12BrI/c11-8-4-3-6-9-5-1-2-7-10(9)12/h1-2,5,7H,3-4,6,8H2. The maximum absolute atomic E-state index is 3.44. The third-order valence-corrected chi connectivity index (χ3v) is 3.40. The van der Waals surface area contributed by atoms with Crippen molar-refractivity contribution in [1.29, 1.82) is 0 Å². The Kier molecular flexibility index (Phi) is 5.23. The number of aryl methyl sites for hydroxylation is 1. The Morgan fingerprint density at radius 1 is 1.17 bits per heavy atom. The van der Waals surface area contributed by atoms with Crippen molar-refractivity contribution in [3.63, 3.8) is 0 Å². The fraction of sp³-hybridized carbons (Fsp3) is 0.400. The molecule has 0 radical (unpaired) electrons. The van der Waals surface area contributed by atoms with Gasteiger partial charge in [-0.25, -0.2) is 0 Å². The molecule has 0 aromatic heterocycles. The van der Waals surface area contributed by atoms with Gasteiger partial charge in [0.1, 0.15) is 0 Å². The largest absolute Gasteiger partial charge is 0.0928 e. The zero-order valence-corrected chi connectivity index (χ0v) is 10.6. The van der Waals surface area contributed by atoms with Gasteiger partial charge in [0.25, 0.3) is 0 Å². The van der Waals surface area contributed by atoms with E-state index >= 15 is 0 Å². The molecule has 1 aromatic carbocycles. The van der Waals surface area contributed by atoms with Crippen molar-refractivity contribution in [2.45, 2.75) is 19.3 Å². The molecule has 1 rings (SSSR count). The number of alkyl halides is 1. The molecular formula is C10H12BrI. The van der Waals surface area contributed by atoms with Gasteiger partial charge in [-0.1, -0.05) is 34.1 Å². The Balaban J connectivity index is 2.46. The number of rotatable bonds is 4. The molecule has 1 aromatic rings. The van der Waals surface area contributed by atoms with E-state index in [4.69, 9.17) is 0 Å². The predicted molar refractivity (Wildman–Crippen MR) is 65.9 cm³/mol. The highest BCUT2D eigenvalue weighted by Gasteiger charge is 1.96. The van der Waals surface area contributed by atoms with E-state index in [1.54, 1.807) is 0 Å². The molecule has 0 N–H and O–H groups in total. The summed E-state index contributed by atoms with van der Waals surface area (Å²) in [6.07, 6.45) is 3.76. The van der Waals surface area contributed by atoms with E-state index in [1.807, 2.05) is 0 Å². The van der Waals surface area contributed by atoms with Crippen molar-refractivity contribution < 1.29 is 0 Å². The SMILES string of the molecule is BrCCCCc1ccccc1I. The third-order valence-electron chi connectivity index (χ3n) is 1.79. The van der Waals surface area contributed by atoms with Crippen LogP contribution in [0.15, 0.2) is 24.3 Å². The molecule has 12 heavy (non-hydrogen) atoms. The minimum atomic E-state index is 1.12. The summed E-state index contributed by atoms with van der Waals surface area (Å²) in [5.74, 6) is 0. The lowest BCUT2D eigenvalue weighted by Gasteiger charge is -2.02. The second-order valence-corrected chi connectivity index (χ2v) is 4.69. The normalized spacial score (nSPS) is 10.2. The van der Waals surface area contributed by atoms with Crippen LogP contribution in [-0.4, -0.2) is 5.33 Å². The summed E-state index contributed by atoms with van der Waals surface area (Å²) < 4.78 is 1.39. The quantitative estimate of drug-likeness (QED) is 0.442. The van der Waals surface area contributed by atoms with Gasteiger partial charge in [0.15, 0.2) is 0 Å². The molecular weight excluding hydrogens is 327 g/mol. The Labute approximate surface area is 96.0 Å². The Bertz CT molecular complexity index is 235. The predicted octanol–water partition coefficient (Wildman–Crippen LogP) is 4.01. The lowest BCUT2D eigenvalue weighted by molar-refractivity contribution is 0.803. The summed E-state index contributed by atoms with van der Waals surface area (Å²) in [5.41, 5.74) is 1.49. The smallest absolute Gasteiger partial charge is 0.0162 e. The first-order chi connectivity index (χ1) is 5.84. The van der Waals surface area contributed by atoms with Crippen LogP contribution in [0.4, 0.5) is 0 Å². The van der Waals surface area contributed by atoms with Crippen LogP contribution in [0.25, 0.3) is 0 Å². The van der Waals surface area contributed by atoms with Crippen LogP contribution < -0.4 is 0 Å². The second kappa shape index (κ2) is 5.97. The molecule has 0 saturated heterocycles. The minimum Gasteiger partial charge on any atom is -0.0928 e. The van der Waals surface area contributed by atoms with Crippen LogP contribution >= 0.6 is 38.5 Å². The highest BCUT2D eigenvalue weighted by molar-refractivity contribution is 14.1. The van der Waals surface area contributed by atoms with Crippen LogP contribution in [0.5, 0.6) is 0 Å². The van der Waals surface area contributed by atoms with E-state index < -0.39 is 0 Å². The molecule has 0 saturated carbocycles. The van der Waals surface area contributed by atoms with E-state index in [2.05, 4.69) is 62.8 Å². The molecule has 0 bridgehead atoms. The zero-order valence-electron chi connectivity index (χ0n) is 6.89. The molecule has 0 aliphatic rings. The van der Waals surface area contributed by atoms with Crippen LogP contribution in [-0.2, 0) is 6.42 Å². The van der Waals surface area contributed by atoms with Gasteiger partial charge in [0.2, 0.25) is 0 Å². The molecule has 66 valence electrons. The van der Waals surface area contributed by atoms with Gasteiger partial charge in [-0.3, -0.25) is 0 Å². The van der Waals surface area contributed by atoms with Crippen molar-refractivity contribution in [2.75, 3.05) is 5.33 Å². The molecule has 0 aliphatic heterocycles. The summed E-state index contributed by atoms with van der Waals surface area (Å²) in [6, 6.07) is 8.60. The van der Waals surface area contributed by atoms with Crippen molar-refractivity contribution in [3.8, 4) is 0 Å². The molecule has 0 amide bonds. The molecule has 0 aliphatic carbocycles. The van der Waals surface area contributed by atoms with Crippen molar-refractivity contribution in [1.82, 2.24) is 0 Å². The van der Waals surface area contributed by atoms with Crippen molar-refractivity contribution >= 4 is 38.5 Å². The van der Waals surface area contributed by atoms with Crippen molar-refractivity contribution in [2.24, 2.45) is 0 Å². The summed E-state index contributed by atoms with van der Waals surface area (Å²) in [7, 11) is 0. The Morgan fingerprint density at radius 2 is 1.92 bits per heavy atom.